The van der Waals surface area contributed by atoms with Gasteiger partial charge in [0.25, 0.3) is 0 Å². The monoisotopic (exact) mass is 1090 g/mol. The molecule has 0 radical (unpaired) electrons. The largest absolute Gasteiger partial charge is 0.466 e. The fraction of sp³-hybridized carbons (Fsp3) is 0.944. The van der Waals surface area contributed by atoms with E-state index in [0.717, 1.165) is 38.5 Å². The van der Waals surface area contributed by atoms with Gasteiger partial charge in [-0.05, 0) is 32.1 Å². The predicted molar refractivity (Wildman–Crippen MR) is 338 cm³/mol. The van der Waals surface area contributed by atoms with Crippen LogP contribution in [0.2, 0.25) is 0 Å². The number of nitrogens with one attached hydrogen (secondary N) is 1. The Kier molecular flexibility index (Phi) is 65.9. The maximum absolute atomic E-state index is 12.5. The highest BCUT2D eigenvalue weighted by atomic mass is 16.5. The van der Waals surface area contributed by atoms with Crippen LogP contribution in [0.1, 0.15) is 406 Å². The Balaban J connectivity index is 3.37. The molecule has 3 N–H and O–H groups in total. The van der Waals surface area contributed by atoms with Crippen LogP contribution in [0.25, 0.3) is 0 Å². The Morgan fingerprint density at radius 3 is 0.883 bits per heavy atom. The lowest BCUT2D eigenvalue weighted by Gasteiger charge is -2.20. The summed E-state index contributed by atoms with van der Waals surface area (Å²) in [7, 11) is 0. The van der Waals surface area contributed by atoms with Gasteiger partial charge in [-0.3, -0.25) is 9.59 Å². The van der Waals surface area contributed by atoms with Gasteiger partial charge >= 0.3 is 5.97 Å². The van der Waals surface area contributed by atoms with Gasteiger partial charge in [0.15, 0.2) is 0 Å². The first kappa shape index (κ1) is 75.6. The molecule has 0 aliphatic rings. The number of esters is 1. The molecule has 6 nitrogen and oxygen atoms in total. The first-order chi connectivity index (χ1) is 38.0. The van der Waals surface area contributed by atoms with E-state index >= 15 is 0 Å². The lowest BCUT2D eigenvalue weighted by atomic mass is 10.0. The molecule has 0 aliphatic carbocycles. The molecule has 77 heavy (non-hydrogen) atoms. The predicted octanol–water partition coefficient (Wildman–Crippen LogP) is 22.8. The topological polar surface area (TPSA) is 95.9 Å². The van der Waals surface area contributed by atoms with Crippen molar-refractivity contribution in [1.82, 2.24) is 5.32 Å². The SMILES string of the molecule is CCCCCCCCCCCCCCCCCCCC/C=C/C(O)C(CO)NC(=O)CCCCCCCCCCCCCCCCCCCCCCCCCCCOC(=O)CCCCCCCCCCCCCCCCC. The molecule has 0 heterocycles. The molecule has 0 spiro atoms. The number of hydrogen-bond acceptors (Lipinski definition) is 5. The molecule has 0 aromatic heterocycles. The van der Waals surface area contributed by atoms with Gasteiger partial charge in [-0.2, -0.15) is 0 Å². The van der Waals surface area contributed by atoms with Crippen molar-refractivity contribution in [3.63, 3.8) is 0 Å². The Morgan fingerprint density at radius 1 is 0.351 bits per heavy atom. The molecule has 0 bridgehead atoms. The fourth-order valence-corrected chi connectivity index (χ4v) is 11.4. The van der Waals surface area contributed by atoms with Gasteiger partial charge in [-0.25, -0.2) is 0 Å². The summed E-state index contributed by atoms with van der Waals surface area (Å²) >= 11 is 0. The molecule has 2 unspecified atom stereocenters. The molecule has 0 aromatic carbocycles. The second kappa shape index (κ2) is 67.1. The smallest absolute Gasteiger partial charge is 0.305 e. The van der Waals surface area contributed by atoms with Crippen LogP contribution < -0.4 is 5.32 Å². The minimum absolute atomic E-state index is 0.0199. The number of aliphatic hydroxyl groups is 2. The van der Waals surface area contributed by atoms with Crippen molar-refractivity contribution in [3.05, 3.63) is 12.2 Å². The zero-order valence-corrected chi connectivity index (χ0v) is 52.5. The maximum Gasteiger partial charge on any atom is 0.305 e. The quantitative estimate of drug-likeness (QED) is 0.0320. The number of amides is 1. The number of allylic oxidation sites excluding steroid dienone is 1. The van der Waals surface area contributed by atoms with Gasteiger partial charge in [0, 0.05) is 12.8 Å². The van der Waals surface area contributed by atoms with E-state index in [9.17, 15) is 19.8 Å². The first-order valence-corrected chi connectivity index (χ1v) is 35.5. The Hall–Kier alpha value is -1.40. The average molecular weight is 1090 g/mol. The zero-order valence-electron chi connectivity index (χ0n) is 52.5. The van der Waals surface area contributed by atoms with Gasteiger partial charge in [0.2, 0.25) is 5.91 Å². The van der Waals surface area contributed by atoms with Crippen molar-refractivity contribution in [2.75, 3.05) is 13.2 Å². The summed E-state index contributed by atoms with van der Waals surface area (Å²) in [5.41, 5.74) is 0. The summed E-state index contributed by atoms with van der Waals surface area (Å²) in [6, 6.07) is -0.627. The van der Waals surface area contributed by atoms with Crippen LogP contribution in [0, 0.1) is 0 Å². The van der Waals surface area contributed by atoms with E-state index in [4.69, 9.17) is 4.74 Å². The average Bonchev–Trinajstić information content (AvgIpc) is 3.43. The number of carbonyl (C=O) groups excluding carboxylic acids is 2. The molecule has 0 aromatic rings. The molecule has 0 aliphatic heterocycles. The van der Waals surface area contributed by atoms with Crippen molar-refractivity contribution in [3.8, 4) is 0 Å². The maximum atomic E-state index is 12.5. The zero-order chi connectivity index (χ0) is 55.7. The molecule has 0 saturated heterocycles. The molecular weight excluding hydrogens is 947 g/mol. The van der Waals surface area contributed by atoms with Crippen molar-refractivity contribution in [2.24, 2.45) is 0 Å². The highest BCUT2D eigenvalue weighted by Gasteiger charge is 2.18. The van der Waals surface area contributed by atoms with E-state index in [-0.39, 0.29) is 18.5 Å². The number of carbonyl (C=O) groups is 2. The normalized spacial score (nSPS) is 12.5. The first-order valence-electron chi connectivity index (χ1n) is 35.5. The third kappa shape index (κ3) is 63.6. The van der Waals surface area contributed by atoms with Crippen molar-refractivity contribution in [1.29, 1.82) is 0 Å². The second-order valence-electron chi connectivity index (χ2n) is 24.6. The van der Waals surface area contributed by atoms with Crippen LogP contribution in [-0.2, 0) is 14.3 Å². The molecule has 0 saturated carbocycles. The van der Waals surface area contributed by atoms with E-state index in [1.54, 1.807) is 6.08 Å². The molecular formula is C71H139NO5. The van der Waals surface area contributed by atoms with E-state index in [0.29, 0.717) is 19.4 Å². The molecule has 1 amide bonds. The highest BCUT2D eigenvalue weighted by Crippen LogP contribution is 2.19. The summed E-state index contributed by atoms with van der Waals surface area (Å²) in [5.74, 6) is -0.0418. The van der Waals surface area contributed by atoms with Crippen molar-refractivity contribution in [2.45, 2.75) is 418 Å². The number of ether oxygens (including phenoxy) is 1. The minimum Gasteiger partial charge on any atom is -0.466 e. The highest BCUT2D eigenvalue weighted by molar-refractivity contribution is 5.76. The second-order valence-corrected chi connectivity index (χ2v) is 24.6. The molecule has 0 rings (SSSR count). The summed E-state index contributed by atoms with van der Waals surface area (Å²) < 4.78 is 5.50. The summed E-state index contributed by atoms with van der Waals surface area (Å²) in [6.07, 6.45) is 82.9. The van der Waals surface area contributed by atoms with E-state index in [1.807, 2.05) is 6.08 Å². The molecule has 2 atom stereocenters. The van der Waals surface area contributed by atoms with Crippen molar-refractivity contribution >= 4 is 11.9 Å². The fourth-order valence-electron chi connectivity index (χ4n) is 11.4. The van der Waals surface area contributed by atoms with Gasteiger partial charge in [-0.1, -0.05) is 373 Å². The summed E-state index contributed by atoms with van der Waals surface area (Å²) in [5, 5.41) is 23.2. The Morgan fingerprint density at radius 2 is 0.597 bits per heavy atom. The van der Waals surface area contributed by atoms with Gasteiger partial charge in [0.1, 0.15) is 0 Å². The van der Waals surface area contributed by atoms with Crippen LogP contribution in [-0.4, -0.2) is 47.4 Å². The van der Waals surface area contributed by atoms with Crippen LogP contribution in [0.15, 0.2) is 12.2 Å². The molecule has 6 heteroatoms. The van der Waals surface area contributed by atoms with Crippen LogP contribution in [0.3, 0.4) is 0 Å². The van der Waals surface area contributed by atoms with E-state index in [2.05, 4.69) is 19.2 Å². The van der Waals surface area contributed by atoms with Crippen molar-refractivity contribution < 1.29 is 24.5 Å². The number of rotatable bonds is 67. The number of aliphatic hydroxyl groups excluding tert-OH is 2. The minimum atomic E-state index is -0.843. The van der Waals surface area contributed by atoms with Gasteiger partial charge < -0.3 is 20.3 Å². The Bertz CT molecular complexity index is 1160. The van der Waals surface area contributed by atoms with Crippen LogP contribution in [0.5, 0.6) is 0 Å². The number of unbranched alkanes of at least 4 members (excludes halogenated alkanes) is 56. The van der Waals surface area contributed by atoms with E-state index in [1.165, 1.54) is 340 Å². The van der Waals surface area contributed by atoms with E-state index < -0.39 is 12.1 Å². The molecule has 0 fully saturated rings. The standard InChI is InChI=1S/C71H139NO5/c1-3-5-7-9-11-13-15-17-19-20-21-29-32-36-39-43-47-51-55-59-63-69(74)68(67-73)72-70(75)64-60-56-52-48-44-40-37-33-30-27-25-23-22-24-26-28-31-34-38-42-46-50-54-58-62-66-77-71(76)65-61-57-53-49-45-41-35-18-16-14-12-10-8-6-4-2/h59,63,68-69,73-74H,3-58,60-62,64-67H2,1-2H3,(H,72,75)/b63-59+. The lowest BCUT2D eigenvalue weighted by Crippen LogP contribution is -2.45. The third-order valence-corrected chi connectivity index (χ3v) is 16.8. The lowest BCUT2D eigenvalue weighted by molar-refractivity contribution is -0.143. The van der Waals surface area contributed by atoms with Crippen LogP contribution >= 0.6 is 0 Å². The summed E-state index contributed by atoms with van der Waals surface area (Å²) in [4.78, 5) is 24.6. The molecule has 458 valence electrons. The van der Waals surface area contributed by atoms with Gasteiger partial charge in [0.05, 0.1) is 25.4 Å². The Labute approximate surface area is 482 Å². The third-order valence-electron chi connectivity index (χ3n) is 16.8. The summed E-state index contributed by atoms with van der Waals surface area (Å²) in [6.45, 7) is 4.95. The van der Waals surface area contributed by atoms with Crippen LogP contribution in [0.4, 0.5) is 0 Å². The number of hydrogen-bond donors (Lipinski definition) is 3. The van der Waals surface area contributed by atoms with Gasteiger partial charge in [-0.15, -0.1) is 0 Å².